The molecule has 3 N–H and O–H groups in total. The van der Waals surface area contributed by atoms with Crippen LogP contribution in [0.25, 0.3) is 11.1 Å². The average Bonchev–Trinajstić information content (AvgIpc) is 2.84. The molecule has 0 saturated heterocycles. The van der Waals surface area contributed by atoms with Crippen LogP contribution in [0.3, 0.4) is 0 Å². The van der Waals surface area contributed by atoms with Gasteiger partial charge < -0.3 is 20.7 Å². The highest BCUT2D eigenvalue weighted by molar-refractivity contribution is 5.88. The lowest BCUT2D eigenvalue weighted by atomic mass is 9.93. The molecular formula is C28H39N3O4. The predicted molar refractivity (Wildman–Crippen MR) is 139 cm³/mol. The Morgan fingerprint density at radius 1 is 1.09 bits per heavy atom. The number of hydrogen-bond acceptors (Lipinski definition) is 4. The Balaban J connectivity index is 2.12. The van der Waals surface area contributed by atoms with E-state index in [0.717, 1.165) is 35.3 Å². The van der Waals surface area contributed by atoms with Gasteiger partial charge in [-0.05, 0) is 42.0 Å². The molecule has 0 radical (unpaired) electrons. The molecule has 0 fully saturated rings. The molecule has 2 rings (SSSR count). The second-order valence-corrected chi connectivity index (χ2v) is 9.28. The number of carbonyl (C=O) groups is 3. The number of benzene rings is 2. The largest absolute Gasteiger partial charge is 0.496 e. The number of primary amides is 1. The van der Waals surface area contributed by atoms with Crippen molar-refractivity contribution >= 4 is 17.7 Å². The number of hydrogen-bond donors (Lipinski definition) is 2. The first kappa shape index (κ1) is 27.9. The number of nitrogens with two attached hydrogens (primary N) is 1. The van der Waals surface area contributed by atoms with Gasteiger partial charge in [0.25, 0.3) is 0 Å². The highest BCUT2D eigenvalue weighted by Crippen LogP contribution is 2.30. The van der Waals surface area contributed by atoms with Crippen molar-refractivity contribution in [1.29, 1.82) is 0 Å². The normalized spacial score (nSPS) is 11.7. The summed E-state index contributed by atoms with van der Waals surface area (Å²) in [6.07, 6.45) is 2.34. The summed E-state index contributed by atoms with van der Waals surface area (Å²) >= 11 is 0. The van der Waals surface area contributed by atoms with Gasteiger partial charge in [0.05, 0.1) is 13.7 Å². The summed E-state index contributed by atoms with van der Waals surface area (Å²) in [7, 11) is 1.65. The zero-order valence-electron chi connectivity index (χ0n) is 21.4. The molecule has 1 unspecified atom stereocenters. The number of nitrogens with one attached hydrogen (secondary N) is 1. The third-order valence-electron chi connectivity index (χ3n) is 5.84. The minimum atomic E-state index is -0.526. The minimum Gasteiger partial charge on any atom is -0.496 e. The van der Waals surface area contributed by atoms with Crippen LogP contribution in [0, 0.1) is 11.8 Å². The van der Waals surface area contributed by atoms with Crippen LogP contribution in [0.2, 0.25) is 0 Å². The minimum absolute atomic E-state index is 0.0203. The Morgan fingerprint density at radius 2 is 1.83 bits per heavy atom. The summed E-state index contributed by atoms with van der Waals surface area (Å²) in [5.41, 5.74) is 8.32. The highest BCUT2D eigenvalue weighted by Gasteiger charge is 2.23. The van der Waals surface area contributed by atoms with Crippen LogP contribution in [-0.2, 0) is 20.9 Å². The maximum absolute atomic E-state index is 13.1. The smallest absolute Gasteiger partial charge is 0.242 e. The van der Waals surface area contributed by atoms with E-state index in [4.69, 9.17) is 10.5 Å². The fourth-order valence-electron chi connectivity index (χ4n) is 4.10. The number of amides is 3. The van der Waals surface area contributed by atoms with E-state index < -0.39 is 11.8 Å². The number of carbonyl (C=O) groups excluding carboxylic acids is 3. The molecule has 7 heteroatoms. The van der Waals surface area contributed by atoms with Crippen LogP contribution in [0.4, 0.5) is 0 Å². The zero-order chi connectivity index (χ0) is 25.8. The van der Waals surface area contributed by atoms with Crippen molar-refractivity contribution < 1.29 is 19.1 Å². The van der Waals surface area contributed by atoms with Crippen molar-refractivity contribution in [3.8, 4) is 16.9 Å². The van der Waals surface area contributed by atoms with Crippen LogP contribution in [0.15, 0.2) is 48.5 Å². The maximum Gasteiger partial charge on any atom is 0.242 e. The molecule has 2 aromatic rings. The van der Waals surface area contributed by atoms with Crippen molar-refractivity contribution in [2.24, 2.45) is 17.6 Å². The van der Waals surface area contributed by atoms with E-state index in [-0.39, 0.29) is 30.7 Å². The summed E-state index contributed by atoms with van der Waals surface area (Å²) in [6, 6.07) is 15.9. The zero-order valence-corrected chi connectivity index (χ0v) is 21.4. The quantitative estimate of drug-likeness (QED) is 0.423. The molecule has 2 aromatic carbocycles. The Hall–Kier alpha value is -3.35. The SMILES string of the molecule is CCCCN(Cc1cccc(-c2ccccc2OC)c1)C(=O)CNC(=O)C(CC(N)=O)CC(C)C. The summed E-state index contributed by atoms with van der Waals surface area (Å²) in [6.45, 7) is 6.97. The number of unbranched alkanes of at least 4 members (excludes halogenated alkanes) is 1. The molecule has 0 aliphatic carbocycles. The number of rotatable bonds is 14. The molecule has 7 nitrogen and oxygen atoms in total. The molecule has 0 heterocycles. The fraction of sp³-hybridized carbons (Fsp3) is 0.464. The topological polar surface area (TPSA) is 102 Å². The summed E-state index contributed by atoms with van der Waals surface area (Å²) < 4.78 is 5.50. The molecule has 1 atom stereocenters. The standard InChI is InChI=1S/C28H39N3O4/c1-5-6-14-31(27(33)18-30-28(34)23(15-20(2)3)17-26(29)32)19-21-10-9-11-22(16-21)24-12-7-8-13-25(24)35-4/h7-13,16,20,23H,5-6,14-15,17-19H2,1-4H3,(H2,29,32)(H,30,34). The van der Waals surface area contributed by atoms with E-state index in [0.29, 0.717) is 19.5 Å². The Kier molecular flexibility index (Phi) is 11.3. The molecule has 0 bridgehead atoms. The molecule has 3 amide bonds. The van der Waals surface area contributed by atoms with E-state index in [1.165, 1.54) is 0 Å². The van der Waals surface area contributed by atoms with Gasteiger partial charge in [0.1, 0.15) is 5.75 Å². The van der Waals surface area contributed by atoms with Gasteiger partial charge in [-0.3, -0.25) is 14.4 Å². The highest BCUT2D eigenvalue weighted by atomic mass is 16.5. The molecule has 190 valence electrons. The van der Waals surface area contributed by atoms with E-state index >= 15 is 0 Å². The van der Waals surface area contributed by atoms with E-state index in [1.54, 1.807) is 12.0 Å². The molecule has 0 spiro atoms. The fourth-order valence-corrected chi connectivity index (χ4v) is 4.10. The van der Waals surface area contributed by atoms with Gasteiger partial charge in [0.2, 0.25) is 17.7 Å². The van der Waals surface area contributed by atoms with Crippen LogP contribution < -0.4 is 15.8 Å². The summed E-state index contributed by atoms with van der Waals surface area (Å²) in [4.78, 5) is 38.9. The maximum atomic E-state index is 13.1. The molecule has 0 saturated carbocycles. The van der Waals surface area contributed by atoms with Gasteiger partial charge >= 0.3 is 0 Å². The lowest BCUT2D eigenvalue weighted by Crippen LogP contribution is -2.43. The van der Waals surface area contributed by atoms with E-state index in [9.17, 15) is 14.4 Å². The van der Waals surface area contributed by atoms with Gasteiger partial charge in [-0.15, -0.1) is 0 Å². The van der Waals surface area contributed by atoms with Crippen LogP contribution in [0.1, 0.15) is 52.0 Å². The van der Waals surface area contributed by atoms with Gasteiger partial charge in [-0.2, -0.15) is 0 Å². The van der Waals surface area contributed by atoms with Crippen molar-refractivity contribution in [2.75, 3.05) is 20.2 Å². The Labute approximate surface area is 209 Å². The number of para-hydroxylation sites is 1. The average molecular weight is 482 g/mol. The lowest BCUT2D eigenvalue weighted by Gasteiger charge is -2.24. The van der Waals surface area contributed by atoms with Crippen LogP contribution >= 0.6 is 0 Å². The predicted octanol–water partition coefficient (Wildman–Crippen LogP) is 4.14. The molecule has 0 aliphatic rings. The second kappa shape index (κ2) is 14.1. The Morgan fingerprint density at radius 3 is 2.49 bits per heavy atom. The number of methoxy groups -OCH3 is 1. The number of nitrogens with zero attached hydrogens (tertiary/aromatic N) is 1. The van der Waals surface area contributed by atoms with E-state index in [2.05, 4.69) is 18.3 Å². The van der Waals surface area contributed by atoms with E-state index in [1.807, 2.05) is 56.3 Å². The second-order valence-electron chi connectivity index (χ2n) is 9.28. The lowest BCUT2D eigenvalue weighted by molar-refractivity contribution is -0.135. The van der Waals surface area contributed by atoms with Gasteiger partial charge in [0.15, 0.2) is 0 Å². The van der Waals surface area contributed by atoms with Crippen molar-refractivity contribution in [3.05, 3.63) is 54.1 Å². The molecular weight excluding hydrogens is 442 g/mol. The van der Waals surface area contributed by atoms with Gasteiger partial charge in [-0.1, -0.05) is 63.6 Å². The monoisotopic (exact) mass is 481 g/mol. The van der Waals surface area contributed by atoms with Gasteiger partial charge in [-0.25, -0.2) is 0 Å². The third kappa shape index (κ3) is 9.08. The first-order chi connectivity index (χ1) is 16.7. The third-order valence-corrected chi connectivity index (χ3v) is 5.84. The van der Waals surface area contributed by atoms with Gasteiger partial charge in [0, 0.05) is 31.0 Å². The molecule has 35 heavy (non-hydrogen) atoms. The van der Waals surface area contributed by atoms with Crippen molar-refractivity contribution in [2.45, 2.75) is 53.0 Å². The first-order valence-electron chi connectivity index (χ1n) is 12.3. The molecule has 0 aliphatic heterocycles. The van der Waals surface area contributed by atoms with Crippen LogP contribution in [-0.4, -0.2) is 42.8 Å². The van der Waals surface area contributed by atoms with Crippen molar-refractivity contribution in [1.82, 2.24) is 10.2 Å². The Bertz CT molecular complexity index is 990. The molecule has 0 aromatic heterocycles. The number of ether oxygens (including phenoxy) is 1. The van der Waals surface area contributed by atoms with Crippen molar-refractivity contribution in [3.63, 3.8) is 0 Å². The summed E-state index contributed by atoms with van der Waals surface area (Å²) in [5, 5.41) is 2.73. The summed E-state index contributed by atoms with van der Waals surface area (Å²) in [5.74, 6) is -0.481. The van der Waals surface area contributed by atoms with Crippen LogP contribution in [0.5, 0.6) is 5.75 Å². The first-order valence-corrected chi connectivity index (χ1v) is 12.3.